The number of esters is 1. The third-order valence-electron chi connectivity index (χ3n) is 4.64. The molecule has 164 valence electrons. The number of methoxy groups -OCH3 is 1. The molecule has 0 bridgehead atoms. The highest BCUT2D eigenvalue weighted by atomic mass is 35.5. The topological polar surface area (TPSA) is 85.4 Å². The van der Waals surface area contributed by atoms with Crippen LogP contribution in [0.25, 0.3) is 10.6 Å². The minimum atomic E-state index is -3.82. The van der Waals surface area contributed by atoms with Crippen LogP contribution in [0.1, 0.15) is 26.5 Å². The molecule has 0 spiro atoms. The number of thiazole rings is 1. The quantitative estimate of drug-likeness (QED) is 0.500. The maximum Gasteiger partial charge on any atom is 0.338 e. The Kier molecular flexibility index (Phi) is 7.10. The normalized spacial score (nSPS) is 11.5. The van der Waals surface area contributed by atoms with E-state index in [9.17, 15) is 17.6 Å². The van der Waals surface area contributed by atoms with Gasteiger partial charge in [-0.25, -0.2) is 27.3 Å². The van der Waals surface area contributed by atoms with Crippen molar-refractivity contribution >= 4 is 38.9 Å². The average Bonchev–Trinajstić information content (AvgIpc) is 3.10. The maximum atomic E-state index is 13.4. The summed E-state index contributed by atoms with van der Waals surface area (Å²) >= 11 is 7.27. The fourth-order valence-electron chi connectivity index (χ4n) is 2.90. The summed E-state index contributed by atoms with van der Waals surface area (Å²) < 4.78 is 45.9. The van der Waals surface area contributed by atoms with Crippen molar-refractivity contribution in [2.24, 2.45) is 0 Å². The van der Waals surface area contributed by atoms with Gasteiger partial charge in [-0.2, -0.15) is 0 Å². The van der Waals surface area contributed by atoms with E-state index in [1.165, 1.54) is 42.7 Å². The van der Waals surface area contributed by atoms with Crippen molar-refractivity contribution in [1.82, 2.24) is 9.71 Å². The first-order valence-electron chi connectivity index (χ1n) is 9.22. The van der Waals surface area contributed by atoms with Gasteiger partial charge < -0.3 is 4.74 Å². The van der Waals surface area contributed by atoms with Crippen LogP contribution < -0.4 is 4.72 Å². The SMILES string of the molecule is COC(=O)c1cc(S(=O)(=O)NCCc2nc(-c3ccc(F)c(Cl)c3)sc2C)ccc1C. The van der Waals surface area contributed by atoms with Crippen molar-refractivity contribution in [3.8, 4) is 10.6 Å². The second-order valence-corrected chi connectivity index (χ2v) is 10.1. The van der Waals surface area contributed by atoms with E-state index in [1.54, 1.807) is 19.1 Å². The number of carbonyl (C=O) groups excluding carboxylic acids is 1. The Balaban J connectivity index is 1.72. The molecule has 0 atom stereocenters. The van der Waals surface area contributed by atoms with Crippen molar-refractivity contribution < 1.29 is 22.3 Å². The number of halogens is 2. The third-order valence-corrected chi connectivity index (χ3v) is 7.45. The molecule has 0 saturated heterocycles. The van der Waals surface area contributed by atoms with Crippen molar-refractivity contribution in [2.75, 3.05) is 13.7 Å². The average molecular weight is 483 g/mol. The van der Waals surface area contributed by atoms with Gasteiger partial charge in [-0.05, 0) is 49.7 Å². The molecule has 0 fully saturated rings. The van der Waals surface area contributed by atoms with E-state index in [1.807, 2.05) is 6.92 Å². The molecule has 3 rings (SSSR count). The van der Waals surface area contributed by atoms with E-state index < -0.39 is 21.8 Å². The fraction of sp³-hybridized carbons (Fsp3) is 0.238. The fourth-order valence-corrected chi connectivity index (χ4v) is 5.09. The van der Waals surface area contributed by atoms with Crippen LogP contribution in [0.15, 0.2) is 41.3 Å². The summed E-state index contributed by atoms with van der Waals surface area (Å²) in [5.41, 5.74) is 2.25. The van der Waals surface area contributed by atoms with Crippen LogP contribution in [-0.2, 0) is 21.2 Å². The molecule has 0 amide bonds. The van der Waals surface area contributed by atoms with E-state index >= 15 is 0 Å². The molecule has 0 aliphatic carbocycles. The summed E-state index contributed by atoms with van der Waals surface area (Å²) in [6, 6.07) is 8.70. The van der Waals surface area contributed by atoms with Gasteiger partial charge >= 0.3 is 5.97 Å². The summed E-state index contributed by atoms with van der Waals surface area (Å²) in [6.07, 6.45) is 0.367. The lowest BCUT2D eigenvalue weighted by Gasteiger charge is -2.09. The Labute approximate surface area is 189 Å². The molecule has 0 aliphatic heterocycles. The number of benzene rings is 2. The van der Waals surface area contributed by atoms with Crippen LogP contribution in [0.2, 0.25) is 5.02 Å². The number of nitrogens with zero attached hydrogens (tertiary/aromatic N) is 1. The monoisotopic (exact) mass is 482 g/mol. The smallest absolute Gasteiger partial charge is 0.338 e. The maximum absolute atomic E-state index is 13.4. The summed E-state index contributed by atoms with van der Waals surface area (Å²) in [5, 5.41) is 0.697. The van der Waals surface area contributed by atoms with Crippen LogP contribution >= 0.6 is 22.9 Å². The van der Waals surface area contributed by atoms with Crippen molar-refractivity contribution in [1.29, 1.82) is 0 Å². The molecule has 1 heterocycles. The van der Waals surface area contributed by atoms with Gasteiger partial charge in [-0.3, -0.25) is 0 Å². The highest BCUT2D eigenvalue weighted by Gasteiger charge is 2.19. The predicted octanol–water partition coefficient (Wildman–Crippen LogP) is 4.53. The van der Waals surface area contributed by atoms with Gasteiger partial charge in [0.15, 0.2) is 0 Å². The molecule has 0 saturated carbocycles. The number of nitrogens with one attached hydrogen (secondary N) is 1. The van der Waals surface area contributed by atoms with Gasteiger partial charge in [0.1, 0.15) is 10.8 Å². The molecule has 0 radical (unpaired) electrons. The number of carbonyl (C=O) groups is 1. The van der Waals surface area contributed by atoms with Gasteiger partial charge in [-0.15, -0.1) is 11.3 Å². The lowest BCUT2D eigenvalue weighted by molar-refractivity contribution is 0.0599. The van der Waals surface area contributed by atoms with E-state index in [4.69, 9.17) is 16.3 Å². The second-order valence-electron chi connectivity index (χ2n) is 6.77. The predicted molar refractivity (Wildman–Crippen MR) is 119 cm³/mol. The summed E-state index contributed by atoms with van der Waals surface area (Å²) in [5.74, 6) is -1.10. The first-order chi connectivity index (χ1) is 14.6. The van der Waals surface area contributed by atoms with Crippen LogP contribution in [0.4, 0.5) is 4.39 Å². The van der Waals surface area contributed by atoms with Crippen LogP contribution in [0.3, 0.4) is 0 Å². The molecule has 3 aromatic rings. The van der Waals surface area contributed by atoms with Crippen LogP contribution in [0, 0.1) is 19.7 Å². The largest absolute Gasteiger partial charge is 0.465 e. The Hall–Kier alpha value is -2.33. The minimum absolute atomic E-state index is 0.0177. The number of rotatable bonds is 7. The zero-order chi connectivity index (χ0) is 22.8. The number of aryl methyl sites for hydroxylation is 2. The van der Waals surface area contributed by atoms with Gasteiger partial charge in [-0.1, -0.05) is 17.7 Å². The highest BCUT2D eigenvalue weighted by molar-refractivity contribution is 7.89. The summed E-state index contributed by atoms with van der Waals surface area (Å²) in [7, 11) is -2.58. The van der Waals surface area contributed by atoms with Crippen molar-refractivity contribution in [2.45, 2.75) is 25.2 Å². The van der Waals surface area contributed by atoms with Crippen LogP contribution in [0.5, 0.6) is 0 Å². The second kappa shape index (κ2) is 9.44. The van der Waals surface area contributed by atoms with E-state index in [0.29, 0.717) is 22.6 Å². The van der Waals surface area contributed by atoms with Crippen LogP contribution in [-0.4, -0.2) is 33.0 Å². The lowest BCUT2D eigenvalue weighted by atomic mass is 10.1. The molecule has 6 nitrogen and oxygen atoms in total. The Morgan fingerprint density at radius 2 is 1.97 bits per heavy atom. The van der Waals surface area contributed by atoms with E-state index in [-0.39, 0.29) is 22.0 Å². The van der Waals surface area contributed by atoms with Gasteiger partial charge in [0, 0.05) is 23.4 Å². The van der Waals surface area contributed by atoms with E-state index in [2.05, 4.69) is 9.71 Å². The first-order valence-corrected chi connectivity index (χ1v) is 11.9. The summed E-state index contributed by atoms with van der Waals surface area (Å²) in [6.45, 7) is 3.71. The first kappa shape index (κ1) is 23.3. The third kappa shape index (κ3) is 5.30. The number of ether oxygens (including phenoxy) is 1. The molecule has 2 aromatic carbocycles. The molecule has 0 aliphatic rings. The molecule has 1 N–H and O–H groups in total. The number of aromatic nitrogens is 1. The molecule has 31 heavy (non-hydrogen) atoms. The Morgan fingerprint density at radius 3 is 2.65 bits per heavy atom. The number of hydrogen-bond acceptors (Lipinski definition) is 6. The molecule has 1 aromatic heterocycles. The molecular formula is C21H20ClFN2O4S2. The Morgan fingerprint density at radius 1 is 1.23 bits per heavy atom. The van der Waals surface area contributed by atoms with Crippen molar-refractivity contribution in [3.05, 3.63) is 68.9 Å². The molecular weight excluding hydrogens is 463 g/mol. The highest BCUT2D eigenvalue weighted by Crippen LogP contribution is 2.30. The summed E-state index contributed by atoms with van der Waals surface area (Å²) in [4.78, 5) is 17.3. The lowest BCUT2D eigenvalue weighted by Crippen LogP contribution is -2.26. The standard InChI is InChI=1S/C21H20ClFN2O4S2/c1-12-4-6-15(11-16(12)21(26)29-3)31(27,28)24-9-8-19-13(2)30-20(25-19)14-5-7-18(23)17(22)10-14/h4-7,10-11,24H,8-9H2,1-3H3. The number of sulfonamides is 1. The zero-order valence-corrected chi connectivity index (χ0v) is 19.4. The molecule has 10 heteroatoms. The van der Waals surface area contributed by atoms with E-state index in [0.717, 1.165) is 10.6 Å². The number of hydrogen-bond donors (Lipinski definition) is 1. The van der Waals surface area contributed by atoms with Crippen molar-refractivity contribution in [3.63, 3.8) is 0 Å². The van der Waals surface area contributed by atoms with Gasteiger partial charge in [0.2, 0.25) is 10.0 Å². The van der Waals surface area contributed by atoms with Gasteiger partial charge in [0.25, 0.3) is 0 Å². The Bertz CT molecular complexity index is 1240. The molecule has 0 unspecified atom stereocenters. The zero-order valence-electron chi connectivity index (χ0n) is 17.0. The van der Waals surface area contributed by atoms with Gasteiger partial charge in [0.05, 0.1) is 28.3 Å². The minimum Gasteiger partial charge on any atom is -0.465 e.